The number of ether oxygens (including phenoxy) is 2. The smallest absolute Gasteiger partial charge is 0.417 e. The summed E-state index contributed by atoms with van der Waals surface area (Å²) in [5, 5.41) is 13.7. The first kappa shape index (κ1) is 20.1. The second-order valence-corrected chi connectivity index (χ2v) is 7.19. The van der Waals surface area contributed by atoms with E-state index in [1.165, 1.54) is 4.90 Å². The van der Waals surface area contributed by atoms with E-state index in [4.69, 9.17) is 9.47 Å². The Morgan fingerprint density at radius 3 is 2.71 bits per heavy atom. The molecule has 1 amide bonds. The summed E-state index contributed by atoms with van der Waals surface area (Å²) in [5.74, 6) is 0.658. The molecule has 2 aliphatic heterocycles. The Labute approximate surface area is 164 Å². The fraction of sp³-hybridized carbons (Fsp3) is 0.579. The molecular weight excluding hydrogens is 364 g/mol. The number of hydrogen-bond donors (Lipinski definition) is 0. The molecular formula is C19H26N4O5. The maximum Gasteiger partial charge on any atom is 0.417 e. The maximum absolute atomic E-state index is 12.6. The summed E-state index contributed by atoms with van der Waals surface area (Å²) in [7, 11) is 0. The third-order valence-corrected chi connectivity index (χ3v) is 5.33. The van der Waals surface area contributed by atoms with Crippen LogP contribution in [0.15, 0.2) is 29.4 Å². The molecule has 0 spiro atoms. The van der Waals surface area contributed by atoms with Gasteiger partial charge in [0.15, 0.2) is 5.03 Å². The highest BCUT2D eigenvalue weighted by atomic mass is 16.7. The zero-order valence-corrected chi connectivity index (χ0v) is 16.2. The topological polar surface area (TPSA) is 97.5 Å². The molecule has 152 valence electrons. The number of hydrogen-bond acceptors (Lipinski definition) is 5. The summed E-state index contributed by atoms with van der Waals surface area (Å²) in [6.07, 6.45) is 0.214. The van der Waals surface area contributed by atoms with E-state index in [0.717, 1.165) is 17.5 Å². The van der Waals surface area contributed by atoms with Gasteiger partial charge in [-0.1, -0.05) is 38.1 Å². The van der Waals surface area contributed by atoms with Crippen LogP contribution in [0.2, 0.25) is 0 Å². The molecule has 0 aromatic heterocycles. The van der Waals surface area contributed by atoms with Gasteiger partial charge in [0.05, 0.1) is 13.2 Å². The van der Waals surface area contributed by atoms with Crippen LogP contribution >= 0.6 is 0 Å². The number of nitrogens with zero attached hydrogens (tertiary/aromatic N) is 4. The molecule has 9 nitrogen and oxygen atoms in total. The molecule has 3 rings (SSSR count). The molecule has 2 saturated heterocycles. The predicted octanol–water partition coefficient (Wildman–Crippen LogP) is 2.33. The molecule has 2 heterocycles. The molecule has 0 radical (unpaired) electrons. The quantitative estimate of drug-likeness (QED) is 0.546. The molecule has 2 aliphatic rings. The normalized spacial score (nSPS) is 23.4. The summed E-state index contributed by atoms with van der Waals surface area (Å²) in [6.45, 7) is 6.91. The van der Waals surface area contributed by atoms with Gasteiger partial charge in [-0.2, -0.15) is 0 Å². The van der Waals surface area contributed by atoms with E-state index in [2.05, 4.69) is 12.0 Å². The third kappa shape index (κ3) is 4.59. The predicted molar refractivity (Wildman–Crippen MR) is 102 cm³/mol. The first-order valence-corrected chi connectivity index (χ1v) is 9.56. The van der Waals surface area contributed by atoms with Gasteiger partial charge in [0.2, 0.25) is 0 Å². The first-order valence-electron chi connectivity index (χ1n) is 9.56. The standard InChI is InChI=1S/C19H26N4O5/c1-3-15-6-4-5-7-16(15)13-28-19(24)22-9-8-21(18(22)20-23(25)26)10-17-12-27-11-14(17)2/h4-7,14,17H,3,8-13H2,1-2H3. The molecule has 0 bridgehead atoms. The van der Waals surface area contributed by atoms with Crippen molar-refractivity contribution in [2.75, 3.05) is 32.8 Å². The van der Waals surface area contributed by atoms with Crippen molar-refractivity contribution in [2.24, 2.45) is 16.9 Å². The van der Waals surface area contributed by atoms with Crippen molar-refractivity contribution in [2.45, 2.75) is 26.9 Å². The van der Waals surface area contributed by atoms with Crippen molar-refractivity contribution in [3.05, 3.63) is 45.5 Å². The Morgan fingerprint density at radius 1 is 1.32 bits per heavy atom. The van der Waals surface area contributed by atoms with Gasteiger partial charge in [-0.05, 0) is 23.5 Å². The summed E-state index contributed by atoms with van der Waals surface area (Å²) in [5.41, 5.74) is 2.03. The van der Waals surface area contributed by atoms with Crippen molar-refractivity contribution in [1.82, 2.24) is 9.80 Å². The monoisotopic (exact) mass is 390 g/mol. The minimum Gasteiger partial charge on any atom is -0.444 e. The Balaban J connectivity index is 1.67. The number of guanidine groups is 1. The average Bonchev–Trinajstić information content (AvgIpc) is 3.26. The fourth-order valence-corrected chi connectivity index (χ4v) is 3.61. The number of carbonyl (C=O) groups excluding carboxylic acids is 1. The highest BCUT2D eigenvalue weighted by Gasteiger charge is 2.38. The van der Waals surface area contributed by atoms with Crippen LogP contribution in [0, 0.1) is 22.0 Å². The molecule has 0 saturated carbocycles. The summed E-state index contributed by atoms with van der Waals surface area (Å²) >= 11 is 0. The highest BCUT2D eigenvalue weighted by molar-refractivity contribution is 5.95. The lowest BCUT2D eigenvalue weighted by molar-refractivity contribution is -0.486. The molecule has 28 heavy (non-hydrogen) atoms. The van der Waals surface area contributed by atoms with Crippen LogP contribution in [0.4, 0.5) is 4.79 Å². The van der Waals surface area contributed by atoms with Crippen molar-refractivity contribution in [3.8, 4) is 0 Å². The van der Waals surface area contributed by atoms with Gasteiger partial charge in [0, 0.05) is 25.6 Å². The van der Waals surface area contributed by atoms with E-state index in [-0.39, 0.29) is 18.5 Å². The zero-order valence-electron chi connectivity index (χ0n) is 16.2. The lowest BCUT2D eigenvalue weighted by Gasteiger charge is -2.23. The number of amides is 1. The second-order valence-electron chi connectivity index (χ2n) is 7.19. The lowest BCUT2D eigenvalue weighted by atomic mass is 9.98. The van der Waals surface area contributed by atoms with Gasteiger partial charge >= 0.3 is 6.09 Å². The van der Waals surface area contributed by atoms with E-state index in [1.807, 2.05) is 31.2 Å². The van der Waals surface area contributed by atoms with Crippen LogP contribution < -0.4 is 0 Å². The van der Waals surface area contributed by atoms with Gasteiger partial charge in [-0.25, -0.2) is 19.8 Å². The number of aryl methyl sites for hydroxylation is 1. The minimum atomic E-state index is -0.769. The van der Waals surface area contributed by atoms with E-state index in [1.54, 1.807) is 4.90 Å². The van der Waals surface area contributed by atoms with Crippen LogP contribution in [-0.4, -0.2) is 59.7 Å². The summed E-state index contributed by atoms with van der Waals surface area (Å²) < 4.78 is 10.9. The number of hydrazone groups is 1. The van der Waals surface area contributed by atoms with Crippen LogP contribution in [0.25, 0.3) is 0 Å². The Hall–Kier alpha value is -2.68. The lowest BCUT2D eigenvalue weighted by Crippen LogP contribution is -2.41. The van der Waals surface area contributed by atoms with Crippen molar-refractivity contribution in [1.29, 1.82) is 0 Å². The molecule has 9 heteroatoms. The van der Waals surface area contributed by atoms with Gasteiger partial charge in [0.25, 0.3) is 5.96 Å². The molecule has 2 unspecified atom stereocenters. The number of rotatable bonds is 6. The summed E-state index contributed by atoms with van der Waals surface area (Å²) in [6, 6.07) is 7.74. The van der Waals surface area contributed by atoms with Gasteiger partial charge in [-0.15, -0.1) is 0 Å². The Bertz CT molecular complexity index is 754. The first-order chi connectivity index (χ1) is 13.5. The maximum atomic E-state index is 12.6. The molecule has 1 aromatic rings. The zero-order chi connectivity index (χ0) is 20.1. The average molecular weight is 390 g/mol. The highest BCUT2D eigenvalue weighted by Crippen LogP contribution is 2.23. The van der Waals surface area contributed by atoms with Crippen molar-refractivity contribution >= 4 is 12.1 Å². The molecule has 0 N–H and O–H groups in total. The van der Waals surface area contributed by atoms with E-state index in [9.17, 15) is 14.9 Å². The number of carbonyl (C=O) groups is 1. The van der Waals surface area contributed by atoms with E-state index < -0.39 is 11.1 Å². The fourth-order valence-electron chi connectivity index (χ4n) is 3.61. The van der Waals surface area contributed by atoms with Crippen molar-refractivity contribution < 1.29 is 19.3 Å². The van der Waals surface area contributed by atoms with Crippen LogP contribution in [0.1, 0.15) is 25.0 Å². The molecule has 2 fully saturated rings. The minimum absolute atomic E-state index is 0.0397. The summed E-state index contributed by atoms with van der Waals surface area (Å²) in [4.78, 5) is 26.7. The Morgan fingerprint density at radius 2 is 2.07 bits per heavy atom. The molecule has 1 aromatic carbocycles. The van der Waals surface area contributed by atoms with E-state index in [0.29, 0.717) is 38.8 Å². The van der Waals surface area contributed by atoms with Crippen LogP contribution in [0.5, 0.6) is 0 Å². The van der Waals surface area contributed by atoms with Crippen LogP contribution in [-0.2, 0) is 22.5 Å². The molecule has 2 atom stereocenters. The van der Waals surface area contributed by atoms with E-state index >= 15 is 0 Å². The molecule has 0 aliphatic carbocycles. The second kappa shape index (κ2) is 9.01. The van der Waals surface area contributed by atoms with Gasteiger partial charge < -0.3 is 14.4 Å². The largest absolute Gasteiger partial charge is 0.444 e. The Kier molecular flexibility index (Phi) is 6.45. The van der Waals surface area contributed by atoms with Crippen molar-refractivity contribution in [3.63, 3.8) is 0 Å². The van der Waals surface area contributed by atoms with Gasteiger partial charge in [-0.3, -0.25) is 0 Å². The van der Waals surface area contributed by atoms with Gasteiger partial charge in [0.1, 0.15) is 11.7 Å². The SMILES string of the molecule is CCc1ccccc1COC(=O)N1CCN(CC2COCC2C)C1=N[N+](=O)[O-]. The number of benzene rings is 1. The number of nitro groups is 1. The van der Waals surface area contributed by atoms with Crippen LogP contribution in [0.3, 0.4) is 0 Å². The third-order valence-electron chi connectivity index (χ3n) is 5.33.